The number of fused-ring (bicyclic) bond motifs is 1. The van der Waals surface area contributed by atoms with Gasteiger partial charge >= 0.3 is 5.97 Å². The van der Waals surface area contributed by atoms with Crippen LogP contribution >= 0.6 is 0 Å². The zero-order valence-electron chi connectivity index (χ0n) is 9.20. The molecular formula is C12H19NO2. The third-order valence-corrected chi connectivity index (χ3v) is 4.20. The highest BCUT2D eigenvalue weighted by Crippen LogP contribution is 2.61. The number of nitrogens with two attached hydrogens (primary N) is 1. The summed E-state index contributed by atoms with van der Waals surface area (Å²) in [5.74, 6) is 0.438. The molecule has 2 aliphatic rings. The van der Waals surface area contributed by atoms with Crippen LogP contribution in [0.25, 0.3) is 0 Å². The van der Waals surface area contributed by atoms with E-state index >= 15 is 0 Å². The summed E-state index contributed by atoms with van der Waals surface area (Å²) in [7, 11) is 0. The Kier molecular flexibility index (Phi) is 2.59. The average molecular weight is 209 g/mol. The molecule has 0 amide bonds. The highest BCUT2D eigenvalue weighted by molar-refractivity contribution is 5.68. The van der Waals surface area contributed by atoms with Gasteiger partial charge in [-0.05, 0) is 37.6 Å². The van der Waals surface area contributed by atoms with Crippen LogP contribution in [0.15, 0.2) is 11.6 Å². The van der Waals surface area contributed by atoms with Gasteiger partial charge < -0.3 is 10.8 Å². The summed E-state index contributed by atoms with van der Waals surface area (Å²) >= 11 is 0. The van der Waals surface area contributed by atoms with Crippen LogP contribution < -0.4 is 5.73 Å². The molecule has 0 unspecified atom stereocenters. The SMILES string of the molecule is CCC1=CC[C@H]2C[C@@](CN)(CC(=O)O)[C@@H]12. The summed E-state index contributed by atoms with van der Waals surface area (Å²) in [6, 6.07) is 0. The summed E-state index contributed by atoms with van der Waals surface area (Å²) < 4.78 is 0. The molecule has 0 heterocycles. The van der Waals surface area contributed by atoms with E-state index in [0.29, 0.717) is 18.4 Å². The Hall–Kier alpha value is -0.830. The topological polar surface area (TPSA) is 63.3 Å². The molecule has 15 heavy (non-hydrogen) atoms. The molecule has 84 valence electrons. The first kappa shape index (κ1) is 10.7. The largest absolute Gasteiger partial charge is 0.481 e. The second-order valence-corrected chi connectivity index (χ2v) is 4.95. The van der Waals surface area contributed by atoms with Gasteiger partial charge in [0.15, 0.2) is 0 Å². The van der Waals surface area contributed by atoms with Crippen molar-refractivity contribution in [1.82, 2.24) is 0 Å². The molecule has 0 bridgehead atoms. The van der Waals surface area contributed by atoms with Crippen LogP contribution in [0.3, 0.4) is 0 Å². The maximum absolute atomic E-state index is 10.9. The Morgan fingerprint density at radius 1 is 1.73 bits per heavy atom. The minimum absolute atomic E-state index is 0.130. The van der Waals surface area contributed by atoms with Gasteiger partial charge in [0.05, 0.1) is 6.42 Å². The second kappa shape index (κ2) is 3.63. The zero-order chi connectivity index (χ0) is 11.1. The molecule has 0 spiro atoms. The Bertz CT molecular complexity index is 311. The van der Waals surface area contributed by atoms with E-state index in [1.165, 1.54) is 5.57 Å². The molecular weight excluding hydrogens is 190 g/mol. The lowest BCUT2D eigenvalue weighted by molar-refractivity contribution is -0.144. The monoisotopic (exact) mass is 209 g/mol. The van der Waals surface area contributed by atoms with Crippen molar-refractivity contribution in [3.8, 4) is 0 Å². The fraction of sp³-hybridized carbons (Fsp3) is 0.750. The van der Waals surface area contributed by atoms with E-state index in [1.807, 2.05) is 0 Å². The summed E-state index contributed by atoms with van der Waals surface area (Å²) in [5, 5.41) is 8.95. The maximum Gasteiger partial charge on any atom is 0.303 e. The van der Waals surface area contributed by atoms with Gasteiger partial charge in [0.2, 0.25) is 0 Å². The predicted molar refractivity (Wildman–Crippen MR) is 58.3 cm³/mol. The van der Waals surface area contributed by atoms with Crippen LogP contribution in [-0.2, 0) is 4.79 Å². The standard InChI is InChI=1S/C12H19NO2/c1-2-8-3-4-9-5-12(7-13,11(8)9)6-10(14)15/h3,9,11H,2,4-7,13H2,1H3,(H,14,15)/t9-,11-,12-/m0/s1. The van der Waals surface area contributed by atoms with Gasteiger partial charge in [0.25, 0.3) is 0 Å². The molecule has 2 rings (SSSR count). The Labute approximate surface area is 90.3 Å². The van der Waals surface area contributed by atoms with Crippen LogP contribution in [0.2, 0.25) is 0 Å². The van der Waals surface area contributed by atoms with Crippen molar-refractivity contribution in [2.45, 2.75) is 32.6 Å². The molecule has 0 saturated heterocycles. The molecule has 0 aromatic heterocycles. The lowest BCUT2D eigenvalue weighted by atomic mass is 9.51. The second-order valence-electron chi connectivity index (χ2n) is 4.95. The van der Waals surface area contributed by atoms with E-state index in [1.54, 1.807) is 0 Å². The Morgan fingerprint density at radius 3 is 3.00 bits per heavy atom. The maximum atomic E-state index is 10.9. The summed E-state index contributed by atoms with van der Waals surface area (Å²) in [6.07, 6.45) is 5.72. The van der Waals surface area contributed by atoms with Gasteiger partial charge in [-0.25, -0.2) is 0 Å². The Morgan fingerprint density at radius 2 is 2.47 bits per heavy atom. The Balaban J connectivity index is 2.16. The van der Waals surface area contributed by atoms with Gasteiger partial charge in [-0.15, -0.1) is 0 Å². The summed E-state index contributed by atoms with van der Waals surface area (Å²) in [6.45, 7) is 2.66. The summed E-state index contributed by atoms with van der Waals surface area (Å²) in [4.78, 5) is 10.9. The summed E-state index contributed by atoms with van der Waals surface area (Å²) in [5.41, 5.74) is 7.11. The van der Waals surface area contributed by atoms with Crippen LogP contribution in [0.5, 0.6) is 0 Å². The molecule has 3 atom stereocenters. The minimum atomic E-state index is -0.707. The molecule has 0 aromatic rings. The number of carbonyl (C=O) groups is 1. The van der Waals surface area contributed by atoms with E-state index in [9.17, 15) is 4.79 Å². The van der Waals surface area contributed by atoms with Crippen molar-refractivity contribution in [2.24, 2.45) is 23.0 Å². The van der Waals surface area contributed by atoms with Crippen LogP contribution in [0, 0.1) is 17.3 Å². The van der Waals surface area contributed by atoms with Crippen molar-refractivity contribution in [3.05, 3.63) is 11.6 Å². The van der Waals surface area contributed by atoms with Crippen molar-refractivity contribution in [2.75, 3.05) is 6.54 Å². The average Bonchev–Trinajstić information content (AvgIpc) is 2.52. The van der Waals surface area contributed by atoms with Crippen LogP contribution in [-0.4, -0.2) is 17.6 Å². The lowest BCUT2D eigenvalue weighted by Gasteiger charge is -2.53. The van der Waals surface area contributed by atoms with E-state index < -0.39 is 5.97 Å². The number of hydrogen-bond acceptors (Lipinski definition) is 2. The van der Waals surface area contributed by atoms with Gasteiger partial charge in [0.1, 0.15) is 0 Å². The number of hydrogen-bond donors (Lipinski definition) is 2. The molecule has 3 heteroatoms. The van der Waals surface area contributed by atoms with Crippen LogP contribution in [0.4, 0.5) is 0 Å². The van der Waals surface area contributed by atoms with Crippen molar-refractivity contribution < 1.29 is 9.90 Å². The first-order chi connectivity index (χ1) is 7.13. The number of carboxylic acid groups (broad SMARTS) is 1. The molecule has 2 aliphatic carbocycles. The van der Waals surface area contributed by atoms with Gasteiger partial charge in [-0.2, -0.15) is 0 Å². The normalized spacial score (nSPS) is 38.1. The van der Waals surface area contributed by atoms with E-state index in [2.05, 4.69) is 13.0 Å². The van der Waals surface area contributed by atoms with Gasteiger partial charge in [-0.1, -0.05) is 18.6 Å². The number of rotatable bonds is 4. The highest BCUT2D eigenvalue weighted by Gasteiger charge is 2.56. The number of aliphatic carboxylic acids is 1. The van der Waals surface area contributed by atoms with Crippen molar-refractivity contribution in [1.29, 1.82) is 0 Å². The molecule has 0 radical (unpaired) electrons. The molecule has 0 aromatic carbocycles. The predicted octanol–water partition coefficient (Wildman–Crippen LogP) is 1.78. The highest BCUT2D eigenvalue weighted by atomic mass is 16.4. The van der Waals surface area contributed by atoms with E-state index in [-0.39, 0.29) is 11.8 Å². The van der Waals surface area contributed by atoms with Crippen molar-refractivity contribution in [3.63, 3.8) is 0 Å². The zero-order valence-corrected chi connectivity index (χ0v) is 9.20. The smallest absolute Gasteiger partial charge is 0.303 e. The van der Waals surface area contributed by atoms with Gasteiger partial charge in [0, 0.05) is 5.41 Å². The van der Waals surface area contributed by atoms with Gasteiger partial charge in [-0.3, -0.25) is 4.79 Å². The molecule has 3 N–H and O–H groups in total. The third-order valence-electron chi connectivity index (χ3n) is 4.20. The molecule has 1 saturated carbocycles. The first-order valence-corrected chi connectivity index (χ1v) is 5.73. The van der Waals surface area contributed by atoms with E-state index in [0.717, 1.165) is 19.3 Å². The third kappa shape index (κ3) is 1.49. The first-order valence-electron chi connectivity index (χ1n) is 5.73. The molecule has 3 nitrogen and oxygen atoms in total. The number of carboxylic acids is 1. The fourth-order valence-corrected chi connectivity index (χ4v) is 3.58. The number of allylic oxidation sites excluding steroid dienone is 2. The molecule has 1 fully saturated rings. The minimum Gasteiger partial charge on any atom is -0.481 e. The fourth-order valence-electron chi connectivity index (χ4n) is 3.58. The quantitative estimate of drug-likeness (QED) is 0.694. The van der Waals surface area contributed by atoms with Crippen LogP contribution in [0.1, 0.15) is 32.6 Å². The van der Waals surface area contributed by atoms with Crippen molar-refractivity contribution >= 4 is 5.97 Å². The lowest BCUT2D eigenvalue weighted by Crippen LogP contribution is -2.52. The molecule has 0 aliphatic heterocycles. The van der Waals surface area contributed by atoms with E-state index in [4.69, 9.17) is 10.8 Å².